The molecule has 0 amide bonds. The lowest BCUT2D eigenvalue weighted by molar-refractivity contribution is 0.122. The molecule has 2 aliphatic rings. The van der Waals surface area contributed by atoms with Gasteiger partial charge in [0.2, 0.25) is 5.88 Å². The van der Waals surface area contributed by atoms with Crippen LogP contribution < -0.4 is 20.1 Å². The minimum atomic E-state index is -0.515. The third kappa shape index (κ3) is 7.43. The lowest BCUT2D eigenvalue weighted by Gasteiger charge is -2.30. The van der Waals surface area contributed by atoms with E-state index < -0.39 is 12.1 Å². The van der Waals surface area contributed by atoms with Crippen LogP contribution in [0.3, 0.4) is 0 Å². The standard InChI is InChI=1S/2C12H14BrN3O2/c1-9(7-14)18-12-11(6-10(13)8-15-12)16-2-4-17-5-3-16;1-9(7-14)16-8-10(13)6-11(12(16)17)15-2-4-18-5-3-15/h2*6,8-9H,2-5H2,1H3. The van der Waals surface area contributed by atoms with Gasteiger partial charge in [-0.25, -0.2) is 4.98 Å². The zero-order valence-corrected chi connectivity index (χ0v) is 23.4. The molecule has 192 valence electrons. The molecular formula is C24H28Br2N6O4. The topological polar surface area (TPSA) is 117 Å². The summed E-state index contributed by atoms with van der Waals surface area (Å²) in [7, 11) is 0. The summed E-state index contributed by atoms with van der Waals surface area (Å²) < 4.78 is 19.3. The van der Waals surface area contributed by atoms with Gasteiger partial charge in [0.25, 0.3) is 5.56 Å². The molecule has 0 bridgehead atoms. The van der Waals surface area contributed by atoms with Crippen LogP contribution in [0.1, 0.15) is 19.9 Å². The van der Waals surface area contributed by atoms with Gasteiger partial charge in [0.15, 0.2) is 6.10 Å². The number of nitriles is 2. The third-order valence-corrected chi connectivity index (χ3v) is 6.43. The maximum atomic E-state index is 12.3. The normalized spacial score (nSPS) is 17.2. The van der Waals surface area contributed by atoms with Crippen molar-refractivity contribution in [1.82, 2.24) is 9.55 Å². The van der Waals surface area contributed by atoms with E-state index in [2.05, 4.69) is 47.8 Å². The van der Waals surface area contributed by atoms with Crippen molar-refractivity contribution in [2.45, 2.75) is 26.0 Å². The molecule has 0 N–H and O–H groups in total. The van der Waals surface area contributed by atoms with Crippen LogP contribution in [0.25, 0.3) is 0 Å². The van der Waals surface area contributed by atoms with Gasteiger partial charge in [0.1, 0.15) is 23.5 Å². The fourth-order valence-electron chi connectivity index (χ4n) is 3.67. The largest absolute Gasteiger partial charge is 0.458 e. The van der Waals surface area contributed by atoms with E-state index in [1.165, 1.54) is 4.57 Å². The Balaban J connectivity index is 0.000000201. The highest BCUT2D eigenvalue weighted by Gasteiger charge is 2.19. The second-order valence-electron chi connectivity index (χ2n) is 8.13. The summed E-state index contributed by atoms with van der Waals surface area (Å²) in [6.45, 7) is 9.05. The van der Waals surface area contributed by atoms with Crippen LogP contribution in [0, 0.1) is 22.7 Å². The summed E-state index contributed by atoms with van der Waals surface area (Å²) in [5.74, 6) is 0.495. The van der Waals surface area contributed by atoms with Crippen molar-refractivity contribution in [2.75, 3.05) is 62.4 Å². The lowest BCUT2D eigenvalue weighted by atomic mass is 10.3. The average molecular weight is 624 g/mol. The number of morpholine rings is 2. The van der Waals surface area contributed by atoms with Gasteiger partial charge in [-0.15, -0.1) is 0 Å². The Labute approximate surface area is 227 Å². The van der Waals surface area contributed by atoms with E-state index in [1.807, 2.05) is 17.0 Å². The van der Waals surface area contributed by atoms with Gasteiger partial charge in [-0.3, -0.25) is 9.36 Å². The van der Waals surface area contributed by atoms with Gasteiger partial charge in [-0.1, -0.05) is 0 Å². The van der Waals surface area contributed by atoms with Crippen molar-refractivity contribution in [1.29, 1.82) is 10.5 Å². The Hall–Kier alpha value is -2.64. The van der Waals surface area contributed by atoms with Crippen molar-refractivity contribution in [3.8, 4) is 18.0 Å². The van der Waals surface area contributed by atoms with Gasteiger partial charge in [-0.2, -0.15) is 10.5 Å². The van der Waals surface area contributed by atoms with Crippen LogP contribution in [-0.2, 0) is 9.47 Å². The number of pyridine rings is 2. The van der Waals surface area contributed by atoms with Gasteiger partial charge >= 0.3 is 0 Å². The summed E-state index contributed by atoms with van der Waals surface area (Å²) in [5.41, 5.74) is 1.39. The number of anilines is 2. The first-order valence-electron chi connectivity index (χ1n) is 11.5. The molecule has 2 saturated heterocycles. The van der Waals surface area contributed by atoms with E-state index >= 15 is 0 Å². The summed E-state index contributed by atoms with van der Waals surface area (Å²) in [6.07, 6.45) is 2.81. The van der Waals surface area contributed by atoms with Gasteiger partial charge in [-0.05, 0) is 57.8 Å². The molecule has 0 saturated carbocycles. The summed E-state index contributed by atoms with van der Waals surface area (Å²) in [6, 6.07) is 7.40. The molecule has 0 spiro atoms. The third-order valence-electron chi connectivity index (χ3n) is 5.57. The second-order valence-corrected chi connectivity index (χ2v) is 9.96. The number of hydrogen-bond donors (Lipinski definition) is 0. The van der Waals surface area contributed by atoms with Crippen LogP contribution in [-0.4, -0.2) is 68.3 Å². The first-order chi connectivity index (χ1) is 17.3. The van der Waals surface area contributed by atoms with E-state index in [1.54, 1.807) is 32.3 Å². The highest BCUT2D eigenvalue weighted by atomic mass is 79.9. The first kappa shape index (κ1) is 27.9. The molecule has 2 aromatic rings. The fraction of sp³-hybridized carbons (Fsp3) is 0.500. The molecule has 4 heterocycles. The van der Waals surface area contributed by atoms with Crippen molar-refractivity contribution < 1.29 is 14.2 Å². The van der Waals surface area contributed by atoms with Crippen LogP contribution in [0.15, 0.2) is 38.3 Å². The number of halogens is 2. The number of nitrogens with zero attached hydrogens (tertiary/aromatic N) is 6. The summed E-state index contributed by atoms with van der Waals surface area (Å²) in [4.78, 5) is 20.7. The molecule has 2 fully saturated rings. The molecule has 4 rings (SSSR count). The average Bonchev–Trinajstić information content (AvgIpc) is 2.91. The van der Waals surface area contributed by atoms with Crippen molar-refractivity contribution in [2.24, 2.45) is 0 Å². The fourth-order valence-corrected chi connectivity index (χ4v) is 4.42. The quantitative estimate of drug-likeness (QED) is 0.493. The maximum absolute atomic E-state index is 12.3. The van der Waals surface area contributed by atoms with Gasteiger partial charge < -0.3 is 24.0 Å². The predicted molar refractivity (Wildman–Crippen MR) is 142 cm³/mol. The zero-order chi connectivity index (χ0) is 26.1. The van der Waals surface area contributed by atoms with Crippen LogP contribution in [0.4, 0.5) is 11.4 Å². The molecular weight excluding hydrogens is 596 g/mol. The van der Waals surface area contributed by atoms with Crippen molar-refractivity contribution in [3.63, 3.8) is 0 Å². The van der Waals surface area contributed by atoms with E-state index in [0.29, 0.717) is 51.1 Å². The Kier molecular flexibility index (Phi) is 10.6. The molecule has 2 unspecified atom stereocenters. The lowest BCUT2D eigenvalue weighted by Crippen LogP contribution is -2.40. The van der Waals surface area contributed by atoms with E-state index in [9.17, 15) is 4.79 Å². The van der Waals surface area contributed by atoms with Crippen LogP contribution in [0.5, 0.6) is 5.88 Å². The van der Waals surface area contributed by atoms with Crippen molar-refractivity contribution >= 4 is 43.2 Å². The molecule has 2 atom stereocenters. The first-order valence-corrected chi connectivity index (χ1v) is 13.1. The monoisotopic (exact) mass is 622 g/mol. The molecule has 0 radical (unpaired) electrons. The number of hydrogen-bond acceptors (Lipinski definition) is 9. The van der Waals surface area contributed by atoms with Crippen LogP contribution in [0.2, 0.25) is 0 Å². The van der Waals surface area contributed by atoms with E-state index in [4.69, 9.17) is 24.7 Å². The van der Waals surface area contributed by atoms with Crippen LogP contribution >= 0.6 is 31.9 Å². The molecule has 2 aliphatic heterocycles. The number of aromatic nitrogens is 2. The van der Waals surface area contributed by atoms with Gasteiger partial charge in [0.05, 0.1) is 32.5 Å². The smallest absolute Gasteiger partial charge is 0.275 e. The molecule has 12 heteroatoms. The molecule has 2 aromatic heterocycles. The molecule has 0 aliphatic carbocycles. The Morgan fingerprint density at radius 1 is 0.944 bits per heavy atom. The highest BCUT2D eigenvalue weighted by molar-refractivity contribution is 9.10. The SMILES string of the molecule is CC(C#N)Oc1ncc(Br)cc1N1CCOCC1.CC(C#N)n1cc(Br)cc(N2CCOCC2)c1=O. The van der Waals surface area contributed by atoms with Crippen molar-refractivity contribution in [3.05, 3.63) is 43.8 Å². The summed E-state index contributed by atoms with van der Waals surface area (Å²) in [5, 5.41) is 17.8. The Morgan fingerprint density at radius 2 is 1.50 bits per heavy atom. The molecule has 0 aromatic carbocycles. The number of rotatable bonds is 5. The molecule has 36 heavy (non-hydrogen) atoms. The van der Waals surface area contributed by atoms with E-state index in [0.717, 1.165) is 27.7 Å². The van der Waals surface area contributed by atoms with E-state index in [-0.39, 0.29) is 5.56 Å². The zero-order valence-electron chi connectivity index (χ0n) is 20.2. The Bertz CT molecular complexity index is 1170. The maximum Gasteiger partial charge on any atom is 0.275 e. The predicted octanol–water partition coefficient (Wildman–Crippen LogP) is 3.50. The minimum absolute atomic E-state index is 0.130. The molecule has 10 nitrogen and oxygen atoms in total. The highest BCUT2D eigenvalue weighted by Crippen LogP contribution is 2.30. The summed E-state index contributed by atoms with van der Waals surface area (Å²) >= 11 is 6.79. The minimum Gasteiger partial charge on any atom is -0.458 e. The van der Waals surface area contributed by atoms with Gasteiger partial charge in [0, 0.05) is 47.5 Å². The second kappa shape index (κ2) is 13.6. The number of ether oxygens (including phenoxy) is 3. The Morgan fingerprint density at radius 3 is 2.06 bits per heavy atom.